The largest absolute Gasteiger partial charge is 0.352 e. The number of imidazole rings is 1. The van der Waals surface area contributed by atoms with Crippen molar-refractivity contribution in [3.63, 3.8) is 0 Å². The van der Waals surface area contributed by atoms with Gasteiger partial charge in [0.15, 0.2) is 0 Å². The average molecular weight is 340 g/mol. The lowest BCUT2D eigenvalue weighted by atomic mass is 9.96. The van der Waals surface area contributed by atoms with Crippen LogP contribution in [0.25, 0.3) is 11.0 Å². The van der Waals surface area contributed by atoms with Gasteiger partial charge in [0, 0.05) is 30.5 Å². The van der Waals surface area contributed by atoms with E-state index in [1.165, 1.54) is 0 Å². The molecule has 0 saturated carbocycles. The molecule has 1 aliphatic rings. The van der Waals surface area contributed by atoms with Gasteiger partial charge in [-0.05, 0) is 36.2 Å². The standard InChI is InChI=1S/C19H18ClN3O/c20-15-7-5-13(6-8-15)12-21-19(24)14-9-10-23-17-4-2-1-3-16(17)22-18(23)11-14/h1-8,14H,9-12H2,(H,21,24)/t14-/m1/s1. The SMILES string of the molecule is O=C(NCc1ccc(Cl)cc1)[C@@H]1CCn2c(nc3ccccc32)C1. The van der Waals surface area contributed by atoms with E-state index in [0.717, 1.165) is 35.4 Å². The Morgan fingerprint density at radius 2 is 2.00 bits per heavy atom. The van der Waals surface area contributed by atoms with Gasteiger partial charge >= 0.3 is 0 Å². The first-order valence-corrected chi connectivity index (χ1v) is 8.55. The Balaban J connectivity index is 1.44. The van der Waals surface area contributed by atoms with Crippen LogP contribution in [0.5, 0.6) is 0 Å². The van der Waals surface area contributed by atoms with Gasteiger partial charge in [-0.2, -0.15) is 0 Å². The van der Waals surface area contributed by atoms with Crippen LogP contribution in [0, 0.1) is 5.92 Å². The molecule has 2 aromatic carbocycles. The third-order valence-corrected chi connectivity index (χ3v) is 4.87. The maximum absolute atomic E-state index is 12.5. The fraction of sp³-hybridized carbons (Fsp3) is 0.263. The summed E-state index contributed by atoms with van der Waals surface area (Å²) in [5.74, 6) is 1.10. The Hall–Kier alpha value is -2.33. The van der Waals surface area contributed by atoms with Crippen LogP contribution in [0.15, 0.2) is 48.5 Å². The van der Waals surface area contributed by atoms with Gasteiger partial charge in [-0.15, -0.1) is 0 Å². The fourth-order valence-corrected chi connectivity index (χ4v) is 3.42. The minimum atomic E-state index is -0.0124. The molecule has 0 radical (unpaired) electrons. The number of nitrogens with zero attached hydrogens (tertiary/aromatic N) is 2. The van der Waals surface area contributed by atoms with E-state index in [0.29, 0.717) is 18.0 Å². The molecule has 1 aliphatic heterocycles. The lowest BCUT2D eigenvalue weighted by molar-refractivity contribution is -0.125. The highest BCUT2D eigenvalue weighted by Gasteiger charge is 2.26. The van der Waals surface area contributed by atoms with Gasteiger partial charge in [0.05, 0.1) is 11.0 Å². The molecule has 4 rings (SSSR count). The van der Waals surface area contributed by atoms with E-state index in [2.05, 4.69) is 20.9 Å². The summed E-state index contributed by atoms with van der Waals surface area (Å²) in [6.07, 6.45) is 1.54. The van der Waals surface area contributed by atoms with E-state index >= 15 is 0 Å². The zero-order chi connectivity index (χ0) is 16.5. The molecule has 0 bridgehead atoms. The van der Waals surface area contributed by atoms with Crippen LogP contribution in [0.4, 0.5) is 0 Å². The zero-order valence-corrected chi connectivity index (χ0v) is 14.0. The zero-order valence-electron chi connectivity index (χ0n) is 13.2. The minimum Gasteiger partial charge on any atom is -0.352 e. The summed E-state index contributed by atoms with van der Waals surface area (Å²) in [6.45, 7) is 1.37. The van der Waals surface area contributed by atoms with Gasteiger partial charge in [-0.1, -0.05) is 35.9 Å². The van der Waals surface area contributed by atoms with Gasteiger partial charge in [0.25, 0.3) is 0 Å². The number of aryl methyl sites for hydroxylation is 1. The molecular weight excluding hydrogens is 322 g/mol. The Morgan fingerprint density at radius 1 is 1.21 bits per heavy atom. The van der Waals surface area contributed by atoms with Gasteiger partial charge in [-0.25, -0.2) is 4.98 Å². The van der Waals surface area contributed by atoms with Crippen molar-refractivity contribution in [1.82, 2.24) is 14.9 Å². The van der Waals surface area contributed by atoms with Crippen LogP contribution in [0.2, 0.25) is 5.02 Å². The van der Waals surface area contributed by atoms with E-state index in [9.17, 15) is 4.79 Å². The number of aromatic nitrogens is 2. The molecule has 3 aromatic rings. The van der Waals surface area contributed by atoms with E-state index in [-0.39, 0.29) is 11.8 Å². The van der Waals surface area contributed by atoms with E-state index < -0.39 is 0 Å². The van der Waals surface area contributed by atoms with Crippen LogP contribution in [0.1, 0.15) is 17.8 Å². The molecule has 1 N–H and O–H groups in total. The molecule has 0 saturated heterocycles. The smallest absolute Gasteiger partial charge is 0.223 e. The van der Waals surface area contributed by atoms with E-state index in [1.807, 2.05) is 42.5 Å². The predicted octanol–water partition coefficient (Wildman–Crippen LogP) is 3.57. The summed E-state index contributed by atoms with van der Waals surface area (Å²) in [4.78, 5) is 17.2. The number of carbonyl (C=O) groups is 1. The first-order chi connectivity index (χ1) is 11.7. The first-order valence-electron chi connectivity index (χ1n) is 8.17. The molecule has 24 heavy (non-hydrogen) atoms. The second-order valence-electron chi connectivity index (χ2n) is 6.20. The third kappa shape index (κ3) is 2.89. The molecular formula is C19H18ClN3O. The lowest BCUT2D eigenvalue weighted by Gasteiger charge is -2.23. The Kier molecular flexibility index (Phi) is 3.98. The van der Waals surface area contributed by atoms with Crippen LogP contribution in [-0.2, 0) is 24.3 Å². The third-order valence-electron chi connectivity index (χ3n) is 4.61. The van der Waals surface area contributed by atoms with E-state index in [4.69, 9.17) is 11.6 Å². The first kappa shape index (κ1) is 15.2. The monoisotopic (exact) mass is 339 g/mol. The van der Waals surface area contributed by atoms with Crippen molar-refractivity contribution in [2.75, 3.05) is 0 Å². The highest BCUT2D eigenvalue weighted by molar-refractivity contribution is 6.30. The number of rotatable bonds is 3. The average Bonchev–Trinajstić information content (AvgIpc) is 2.98. The van der Waals surface area contributed by atoms with Crippen LogP contribution < -0.4 is 5.32 Å². The van der Waals surface area contributed by atoms with Crippen LogP contribution in [0.3, 0.4) is 0 Å². The molecule has 1 aromatic heterocycles. The number of hydrogen-bond donors (Lipinski definition) is 1. The van der Waals surface area contributed by atoms with Gasteiger partial charge in [-0.3, -0.25) is 4.79 Å². The number of hydrogen-bond acceptors (Lipinski definition) is 2. The normalized spacial score (nSPS) is 16.8. The van der Waals surface area contributed by atoms with Gasteiger partial charge in [0.2, 0.25) is 5.91 Å². The molecule has 4 nitrogen and oxygen atoms in total. The van der Waals surface area contributed by atoms with Crippen molar-refractivity contribution < 1.29 is 4.79 Å². The molecule has 0 fully saturated rings. The maximum atomic E-state index is 12.5. The molecule has 0 unspecified atom stereocenters. The molecule has 0 aliphatic carbocycles. The number of para-hydroxylation sites is 2. The fourth-order valence-electron chi connectivity index (χ4n) is 3.30. The molecule has 2 heterocycles. The van der Waals surface area contributed by atoms with Crippen molar-refractivity contribution in [1.29, 1.82) is 0 Å². The van der Waals surface area contributed by atoms with Crippen LogP contribution >= 0.6 is 11.6 Å². The second kappa shape index (κ2) is 6.29. The summed E-state index contributed by atoms with van der Waals surface area (Å²) in [5, 5.41) is 3.74. The minimum absolute atomic E-state index is 0.0124. The molecule has 1 atom stereocenters. The van der Waals surface area contributed by atoms with Crippen molar-refractivity contribution in [2.45, 2.75) is 25.9 Å². The summed E-state index contributed by atoms with van der Waals surface area (Å²) < 4.78 is 2.23. The maximum Gasteiger partial charge on any atom is 0.223 e. The quantitative estimate of drug-likeness (QED) is 0.793. The highest BCUT2D eigenvalue weighted by Crippen LogP contribution is 2.25. The molecule has 122 valence electrons. The van der Waals surface area contributed by atoms with Crippen LogP contribution in [-0.4, -0.2) is 15.5 Å². The summed E-state index contributed by atoms with van der Waals surface area (Å²) in [5.41, 5.74) is 3.22. The second-order valence-corrected chi connectivity index (χ2v) is 6.64. The Bertz CT molecular complexity index is 885. The summed E-state index contributed by atoms with van der Waals surface area (Å²) in [6, 6.07) is 15.7. The molecule has 5 heteroatoms. The summed E-state index contributed by atoms with van der Waals surface area (Å²) in [7, 11) is 0. The van der Waals surface area contributed by atoms with E-state index in [1.54, 1.807) is 0 Å². The van der Waals surface area contributed by atoms with Crippen molar-refractivity contribution >= 4 is 28.5 Å². The number of halogens is 1. The number of nitrogens with one attached hydrogen (secondary N) is 1. The Morgan fingerprint density at radius 3 is 2.83 bits per heavy atom. The lowest BCUT2D eigenvalue weighted by Crippen LogP contribution is -2.35. The van der Waals surface area contributed by atoms with Crippen molar-refractivity contribution in [2.24, 2.45) is 5.92 Å². The number of amides is 1. The summed E-state index contributed by atoms with van der Waals surface area (Å²) >= 11 is 5.88. The highest BCUT2D eigenvalue weighted by atomic mass is 35.5. The number of carbonyl (C=O) groups excluding carboxylic acids is 1. The predicted molar refractivity (Wildman–Crippen MR) is 94.8 cm³/mol. The van der Waals surface area contributed by atoms with Gasteiger partial charge < -0.3 is 9.88 Å². The van der Waals surface area contributed by atoms with Gasteiger partial charge in [0.1, 0.15) is 5.82 Å². The Labute approximate surface area is 145 Å². The van der Waals surface area contributed by atoms with Crippen molar-refractivity contribution in [3.05, 3.63) is 64.9 Å². The van der Waals surface area contributed by atoms with Crippen molar-refractivity contribution in [3.8, 4) is 0 Å². The number of benzene rings is 2. The number of fused-ring (bicyclic) bond motifs is 3. The topological polar surface area (TPSA) is 46.9 Å². The molecule has 0 spiro atoms. The molecule has 1 amide bonds.